The maximum Gasteiger partial charge on any atom is 0.328 e. The molecule has 2 aliphatic heterocycles. The van der Waals surface area contributed by atoms with Gasteiger partial charge in [-0.05, 0) is 41.7 Å². The van der Waals surface area contributed by atoms with Gasteiger partial charge in [-0.3, -0.25) is 14.5 Å². The Hall–Kier alpha value is -3.13. The molecule has 4 amide bonds. The molecule has 0 saturated carbocycles. The minimum atomic E-state index is -0.530. The minimum Gasteiger partial charge on any atom is -0.324 e. The lowest BCUT2D eigenvalue weighted by Crippen LogP contribution is -2.62. The first kappa shape index (κ1) is 20.2. The smallest absolute Gasteiger partial charge is 0.324 e. The summed E-state index contributed by atoms with van der Waals surface area (Å²) in [5.41, 5.74) is 2.23. The van der Waals surface area contributed by atoms with E-state index in [0.717, 1.165) is 10.5 Å². The monoisotopic (exact) mass is 425 g/mol. The highest BCUT2D eigenvalue weighted by Crippen LogP contribution is 2.35. The number of urea groups is 1. The molecule has 2 heterocycles. The molecule has 0 radical (unpaired) electrons. The maximum atomic E-state index is 13.2. The van der Waals surface area contributed by atoms with Crippen molar-refractivity contribution < 1.29 is 18.8 Å². The van der Waals surface area contributed by atoms with Gasteiger partial charge in [0, 0.05) is 5.69 Å². The van der Waals surface area contributed by atoms with Crippen LogP contribution < -0.4 is 5.32 Å². The number of anilines is 1. The lowest BCUT2D eigenvalue weighted by molar-refractivity contribution is -0.132. The Morgan fingerprint density at radius 2 is 1.87 bits per heavy atom. The van der Waals surface area contributed by atoms with Crippen molar-refractivity contribution >= 4 is 35.3 Å². The number of para-hydroxylation sites is 1. The number of carbonyl (C=O) groups is 3. The maximum absolute atomic E-state index is 13.2. The number of imide groups is 1. The summed E-state index contributed by atoms with van der Waals surface area (Å²) in [5.74, 6) is -1.03. The number of nitrogens with zero attached hydrogens (tertiary/aromatic N) is 2. The van der Waals surface area contributed by atoms with Gasteiger partial charge >= 0.3 is 6.03 Å². The number of hydrogen-bond donors (Lipinski definition) is 1. The van der Waals surface area contributed by atoms with Crippen molar-refractivity contribution in [3.63, 3.8) is 0 Å². The summed E-state index contributed by atoms with van der Waals surface area (Å²) in [4.78, 5) is 41.3. The molecule has 154 valence electrons. The van der Waals surface area contributed by atoms with E-state index in [2.05, 4.69) is 5.32 Å². The second-order valence-corrected chi connectivity index (χ2v) is 8.25. The summed E-state index contributed by atoms with van der Waals surface area (Å²) in [7, 11) is 0. The number of halogens is 1. The zero-order valence-corrected chi connectivity index (χ0v) is 17.1. The molecule has 1 N–H and O–H groups in total. The normalized spacial score (nSPS) is 20.5. The van der Waals surface area contributed by atoms with Crippen LogP contribution in [0.15, 0.2) is 60.0 Å². The van der Waals surface area contributed by atoms with Crippen LogP contribution in [0.25, 0.3) is 0 Å². The van der Waals surface area contributed by atoms with E-state index in [1.807, 2.05) is 25.1 Å². The van der Waals surface area contributed by atoms with Crippen molar-refractivity contribution in [1.29, 1.82) is 0 Å². The number of carbonyl (C=O) groups excluding carboxylic acids is 3. The highest BCUT2D eigenvalue weighted by molar-refractivity contribution is 8.03. The Balaban J connectivity index is 1.53. The Morgan fingerprint density at radius 1 is 1.13 bits per heavy atom. The topological polar surface area (TPSA) is 69.7 Å². The molecule has 0 aromatic heterocycles. The summed E-state index contributed by atoms with van der Waals surface area (Å²) >= 11 is 1.33. The van der Waals surface area contributed by atoms with E-state index in [-0.39, 0.29) is 30.7 Å². The molecule has 2 atom stereocenters. The fourth-order valence-electron chi connectivity index (χ4n) is 3.54. The van der Waals surface area contributed by atoms with Gasteiger partial charge in [-0.25, -0.2) is 9.18 Å². The largest absolute Gasteiger partial charge is 0.328 e. The van der Waals surface area contributed by atoms with Crippen LogP contribution in [0.1, 0.15) is 11.1 Å². The van der Waals surface area contributed by atoms with Crippen molar-refractivity contribution in [3.8, 4) is 0 Å². The second kappa shape index (κ2) is 8.31. The molecule has 2 unspecified atom stereocenters. The molecule has 4 rings (SSSR count). The predicted molar refractivity (Wildman–Crippen MR) is 113 cm³/mol. The first-order valence-electron chi connectivity index (χ1n) is 9.48. The quantitative estimate of drug-likeness (QED) is 0.796. The van der Waals surface area contributed by atoms with Gasteiger partial charge in [0.1, 0.15) is 17.6 Å². The van der Waals surface area contributed by atoms with E-state index in [0.29, 0.717) is 11.3 Å². The number of nitrogens with one attached hydrogen (secondary N) is 1. The predicted octanol–water partition coefficient (Wildman–Crippen LogP) is 3.53. The Morgan fingerprint density at radius 3 is 2.60 bits per heavy atom. The van der Waals surface area contributed by atoms with Crippen LogP contribution in [0.4, 0.5) is 14.9 Å². The molecular weight excluding hydrogens is 405 g/mol. The third kappa shape index (κ3) is 3.95. The van der Waals surface area contributed by atoms with Gasteiger partial charge in [-0.15, -0.1) is 11.8 Å². The number of rotatable bonds is 5. The number of thioether (sulfide) groups is 1. The van der Waals surface area contributed by atoms with Gasteiger partial charge in [-0.2, -0.15) is 0 Å². The van der Waals surface area contributed by atoms with Crippen LogP contribution in [0.5, 0.6) is 0 Å². The average molecular weight is 425 g/mol. The Kier molecular flexibility index (Phi) is 5.59. The van der Waals surface area contributed by atoms with E-state index < -0.39 is 17.3 Å². The molecule has 2 aromatic rings. The van der Waals surface area contributed by atoms with Gasteiger partial charge in [0.2, 0.25) is 11.8 Å². The fourth-order valence-corrected chi connectivity index (χ4v) is 4.61. The van der Waals surface area contributed by atoms with Crippen molar-refractivity contribution in [3.05, 3.63) is 77.0 Å². The van der Waals surface area contributed by atoms with Crippen LogP contribution in [0.2, 0.25) is 0 Å². The number of amides is 4. The summed E-state index contributed by atoms with van der Waals surface area (Å²) in [6.07, 6.45) is 1.78. The molecule has 2 aliphatic rings. The molecule has 0 spiro atoms. The van der Waals surface area contributed by atoms with E-state index >= 15 is 0 Å². The first-order chi connectivity index (χ1) is 14.4. The molecule has 1 saturated heterocycles. The zero-order chi connectivity index (χ0) is 21.3. The van der Waals surface area contributed by atoms with Crippen molar-refractivity contribution in [2.24, 2.45) is 0 Å². The van der Waals surface area contributed by atoms with E-state index in [1.165, 1.54) is 40.9 Å². The van der Waals surface area contributed by atoms with E-state index in [4.69, 9.17) is 0 Å². The number of benzene rings is 2. The van der Waals surface area contributed by atoms with Gasteiger partial charge in [0.15, 0.2) is 0 Å². The third-order valence-electron chi connectivity index (χ3n) is 5.14. The van der Waals surface area contributed by atoms with Gasteiger partial charge in [0.25, 0.3) is 0 Å². The Labute approximate surface area is 177 Å². The lowest BCUT2D eigenvalue weighted by Gasteiger charge is -2.41. The fraction of sp³-hybridized carbons (Fsp3) is 0.227. The van der Waals surface area contributed by atoms with Crippen LogP contribution in [0, 0.1) is 12.7 Å². The van der Waals surface area contributed by atoms with Gasteiger partial charge < -0.3 is 10.2 Å². The number of aryl methyl sites for hydroxylation is 1. The minimum absolute atomic E-state index is 0.0254. The molecule has 2 aromatic carbocycles. The molecule has 0 aliphatic carbocycles. The van der Waals surface area contributed by atoms with Gasteiger partial charge in [-0.1, -0.05) is 36.4 Å². The second-order valence-electron chi connectivity index (χ2n) is 7.20. The summed E-state index contributed by atoms with van der Waals surface area (Å²) in [6.45, 7) is 1.74. The molecule has 8 heteroatoms. The zero-order valence-electron chi connectivity index (χ0n) is 16.2. The third-order valence-corrected chi connectivity index (χ3v) is 6.23. The van der Waals surface area contributed by atoms with E-state index in [9.17, 15) is 18.8 Å². The molecule has 30 heavy (non-hydrogen) atoms. The van der Waals surface area contributed by atoms with Crippen molar-refractivity contribution in [2.75, 3.05) is 11.9 Å². The van der Waals surface area contributed by atoms with E-state index in [1.54, 1.807) is 17.6 Å². The summed E-state index contributed by atoms with van der Waals surface area (Å²) in [5, 5.41) is 4.13. The van der Waals surface area contributed by atoms with Crippen molar-refractivity contribution in [1.82, 2.24) is 9.80 Å². The highest BCUT2D eigenvalue weighted by atomic mass is 32.2. The first-order valence-corrected chi connectivity index (χ1v) is 10.4. The number of fused-ring (bicyclic) bond motifs is 1. The van der Waals surface area contributed by atoms with Crippen LogP contribution in [0.3, 0.4) is 0 Å². The summed E-state index contributed by atoms with van der Waals surface area (Å²) in [6, 6.07) is 12.0. The average Bonchev–Trinajstić information content (AvgIpc) is 3.22. The van der Waals surface area contributed by atoms with Gasteiger partial charge in [0.05, 0.1) is 12.6 Å². The highest BCUT2D eigenvalue weighted by Gasteiger charge is 2.47. The standard InChI is InChI=1S/C22H20FN3O3S/c1-14-4-2-3-5-17(14)24-19(27)13-25-18-10-11-30-20(18)21(28)26(22(25)29)12-15-6-8-16(23)9-7-15/h2-11,18,20H,12-13H2,1H3,(H,24,27). The number of hydrogen-bond acceptors (Lipinski definition) is 4. The SMILES string of the molecule is Cc1ccccc1NC(=O)CN1C(=O)N(Cc2ccc(F)cc2)C(=O)C2SC=CC21. The lowest BCUT2D eigenvalue weighted by atomic mass is 10.1. The molecular formula is C22H20FN3O3S. The molecule has 6 nitrogen and oxygen atoms in total. The Bertz CT molecular complexity index is 1020. The van der Waals surface area contributed by atoms with Crippen LogP contribution in [-0.2, 0) is 16.1 Å². The summed E-state index contributed by atoms with van der Waals surface area (Å²) < 4.78 is 13.2. The van der Waals surface area contributed by atoms with Crippen LogP contribution in [-0.4, -0.2) is 45.5 Å². The molecule has 1 fully saturated rings. The molecule has 0 bridgehead atoms. The van der Waals surface area contributed by atoms with Crippen molar-refractivity contribution in [2.45, 2.75) is 24.8 Å². The van der Waals surface area contributed by atoms with Crippen LogP contribution >= 0.6 is 11.8 Å².